The van der Waals surface area contributed by atoms with Crippen molar-refractivity contribution in [1.82, 2.24) is 34.8 Å². The molecule has 142 valence electrons. The molecule has 0 bridgehead atoms. The zero-order valence-electron chi connectivity index (χ0n) is 15.4. The van der Waals surface area contributed by atoms with E-state index in [2.05, 4.69) is 30.9 Å². The van der Waals surface area contributed by atoms with Gasteiger partial charge in [-0.25, -0.2) is 9.67 Å². The van der Waals surface area contributed by atoms with E-state index in [1.807, 2.05) is 60.2 Å². The van der Waals surface area contributed by atoms with E-state index in [0.29, 0.717) is 24.7 Å². The van der Waals surface area contributed by atoms with Gasteiger partial charge in [-0.05, 0) is 37.3 Å². The molecule has 4 rings (SSSR count). The number of carbonyl (C=O) groups excluding carboxylic acids is 1. The average Bonchev–Trinajstić information content (AvgIpc) is 3.32. The van der Waals surface area contributed by atoms with Crippen LogP contribution in [0.3, 0.4) is 0 Å². The van der Waals surface area contributed by atoms with Crippen molar-refractivity contribution in [3.63, 3.8) is 0 Å². The Morgan fingerprint density at radius 2 is 1.96 bits per heavy atom. The summed E-state index contributed by atoms with van der Waals surface area (Å²) >= 11 is 0. The van der Waals surface area contributed by atoms with Crippen molar-refractivity contribution in [3.05, 3.63) is 60.7 Å². The molecule has 2 N–H and O–H groups in total. The van der Waals surface area contributed by atoms with E-state index in [-0.39, 0.29) is 12.5 Å². The summed E-state index contributed by atoms with van der Waals surface area (Å²) in [5, 5.41) is 18.6. The standard InChI is InChI=1S/C19H20N8O/c1-14-8-11-27(25-14)18-7-6-17(23-24-18)20-9-10-21-19(28)12-26-13-22-15-4-2-3-5-16(15)26/h2-8,11,13H,9-10,12H2,1H3,(H,20,23)(H,21,28). The lowest BCUT2D eigenvalue weighted by Gasteiger charge is -2.08. The number of nitrogens with one attached hydrogen (secondary N) is 2. The monoisotopic (exact) mass is 376 g/mol. The molecule has 0 spiro atoms. The van der Waals surface area contributed by atoms with Gasteiger partial charge in [-0.15, -0.1) is 10.2 Å². The van der Waals surface area contributed by atoms with Gasteiger partial charge < -0.3 is 15.2 Å². The number of amides is 1. The van der Waals surface area contributed by atoms with Crippen LogP contribution in [0.25, 0.3) is 16.9 Å². The van der Waals surface area contributed by atoms with Gasteiger partial charge in [0.15, 0.2) is 5.82 Å². The minimum Gasteiger partial charge on any atom is -0.367 e. The van der Waals surface area contributed by atoms with E-state index >= 15 is 0 Å². The highest BCUT2D eigenvalue weighted by Crippen LogP contribution is 2.11. The fraction of sp³-hybridized carbons (Fsp3) is 0.211. The van der Waals surface area contributed by atoms with E-state index < -0.39 is 0 Å². The number of imidazole rings is 1. The molecule has 9 heteroatoms. The maximum absolute atomic E-state index is 12.1. The first-order valence-corrected chi connectivity index (χ1v) is 8.96. The highest BCUT2D eigenvalue weighted by atomic mass is 16.1. The molecule has 1 aromatic carbocycles. The topological polar surface area (TPSA) is 103 Å². The van der Waals surface area contributed by atoms with Crippen LogP contribution < -0.4 is 10.6 Å². The summed E-state index contributed by atoms with van der Waals surface area (Å²) in [6.07, 6.45) is 3.52. The summed E-state index contributed by atoms with van der Waals surface area (Å²) < 4.78 is 3.51. The largest absolute Gasteiger partial charge is 0.367 e. The summed E-state index contributed by atoms with van der Waals surface area (Å²) in [5.74, 6) is 1.22. The second kappa shape index (κ2) is 7.87. The Hall–Kier alpha value is -3.75. The van der Waals surface area contributed by atoms with E-state index in [1.165, 1.54) is 0 Å². The molecule has 0 fully saturated rings. The summed E-state index contributed by atoms with van der Waals surface area (Å²) in [6, 6.07) is 13.3. The number of benzene rings is 1. The lowest BCUT2D eigenvalue weighted by molar-refractivity contribution is -0.121. The Morgan fingerprint density at radius 1 is 1.07 bits per heavy atom. The molecular weight excluding hydrogens is 356 g/mol. The number of carbonyl (C=O) groups is 1. The second-order valence-electron chi connectivity index (χ2n) is 6.32. The number of aromatic nitrogens is 6. The molecule has 0 saturated carbocycles. The number of anilines is 1. The van der Waals surface area contributed by atoms with Crippen LogP contribution in [0.1, 0.15) is 5.69 Å². The summed E-state index contributed by atoms with van der Waals surface area (Å²) in [7, 11) is 0. The molecule has 0 unspecified atom stereocenters. The zero-order chi connectivity index (χ0) is 19.3. The van der Waals surface area contributed by atoms with Crippen LogP contribution in [0, 0.1) is 6.92 Å². The first-order valence-electron chi connectivity index (χ1n) is 8.96. The number of aryl methyl sites for hydroxylation is 1. The predicted molar refractivity (Wildman–Crippen MR) is 105 cm³/mol. The van der Waals surface area contributed by atoms with Crippen molar-refractivity contribution >= 4 is 22.8 Å². The van der Waals surface area contributed by atoms with Crippen LogP contribution in [0.15, 0.2) is 55.0 Å². The molecule has 0 atom stereocenters. The molecule has 0 radical (unpaired) electrons. The fourth-order valence-electron chi connectivity index (χ4n) is 2.82. The number of fused-ring (bicyclic) bond motifs is 1. The van der Waals surface area contributed by atoms with Crippen LogP contribution >= 0.6 is 0 Å². The van der Waals surface area contributed by atoms with Gasteiger partial charge in [0.2, 0.25) is 5.91 Å². The molecule has 9 nitrogen and oxygen atoms in total. The molecule has 3 aromatic heterocycles. The lowest BCUT2D eigenvalue weighted by Crippen LogP contribution is -2.31. The van der Waals surface area contributed by atoms with Gasteiger partial charge in [0, 0.05) is 19.3 Å². The Bertz CT molecular complexity index is 1080. The van der Waals surface area contributed by atoms with Crippen molar-refractivity contribution in [2.75, 3.05) is 18.4 Å². The van der Waals surface area contributed by atoms with E-state index in [0.717, 1.165) is 16.7 Å². The minimum atomic E-state index is -0.0690. The van der Waals surface area contributed by atoms with Crippen LogP contribution in [-0.4, -0.2) is 48.5 Å². The van der Waals surface area contributed by atoms with Crippen molar-refractivity contribution in [2.45, 2.75) is 13.5 Å². The number of hydrogen-bond acceptors (Lipinski definition) is 6. The van der Waals surface area contributed by atoms with E-state index in [4.69, 9.17) is 0 Å². The molecule has 1 amide bonds. The first-order chi connectivity index (χ1) is 13.7. The van der Waals surface area contributed by atoms with Crippen molar-refractivity contribution in [1.29, 1.82) is 0 Å². The molecule has 0 saturated heterocycles. The summed E-state index contributed by atoms with van der Waals surface area (Å²) in [4.78, 5) is 16.4. The van der Waals surface area contributed by atoms with Crippen LogP contribution in [0.4, 0.5) is 5.82 Å². The molecule has 28 heavy (non-hydrogen) atoms. The third-order valence-electron chi connectivity index (χ3n) is 4.20. The number of para-hydroxylation sites is 2. The fourth-order valence-corrected chi connectivity index (χ4v) is 2.82. The summed E-state index contributed by atoms with van der Waals surface area (Å²) in [5.41, 5.74) is 2.74. The molecule has 4 aromatic rings. The maximum Gasteiger partial charge on any atom is 0.240 e. The minimum absolute atomic E-state index is 0.0690. The van der Waals surface area contributed by atoms with Gasteiger partial charge in [0.25, 0.3) is 0 Å². The first kappa shape index (κ1) is 17.7. The number of nitrogens with zero attached hydrogens (tertiary/aromatic N) is 6. The summed E-state index contributed by atoms with van der Waals surface area (Å²) in [6.45, 7) is 3.18. The quantitative estimate of drug-likeness (QED) is 0.475. The van der Waals surface area contributed by atoms with Crippen molar-refractivity contribution in [2.24, 2.45) is 0 Å². The van der Waals surface area contributed by atoms with Gasteiger partial charge in [-0.2, -0.15) is 5.10 Å². The normalized spacial score (nSPS) is 10.9. The molecule has 0 aliphatic rings. The Labute approximate surface area is 161 Å². The number of hydrogen-bond donors (Lipinski definition) is 2. The molecule has 0 aliphatic carbocycles. The van der Waals surface area contributed by atoms with Gasteiger partial charge in [0.1, 0.15) is 12.4 Å². The highest BCUT2D eigenvalue weighted by molar-refractivity contribution is 5.80. The van der Waals surface area contributed by atoms with Crippen LogP contribution in [-0.2, 0) is 11.3 Å². The zero-order valence-corrected chi connectivity index (χ0v) is 15.4. The van der Waals surface area contributed by atoms with Crippen molar-refractivity contribution < 1.29 is 4.79 Å². The van der Waals surface area contributed by atoms with Crippen LogP contribution in [0.5, 0.6) is 0 Å². The van der Waals surface area contributed by atoms with Crippen LogP contribution in [0.2, 0.25) is 0 Å². The Balaban J connectivity index is 1.23. The molecular formula is C19H20N8O. The smallest absolute Gasteiger partial charge is 0.240 e. The third-order valence-corrected chi connectivity index (χ3v) is 4.20. The second-order valence-corrected chi connectivity index (χ2v) is 6.32. The Kier molecular flexibility index (Phi) is 4.96. The molecule has 0 aliphatic heterocycles. The van der Waals surface area contributed by atoms with E-state index in [9.17, 15) is 4.79 Å². The predicted octanol–water partition coefficient (Wildman–Crippen LogP) is 1.55. The lowest BCUT2D eigenvalue weighted by atomic mass is 10.3. The number of rotatable bonds is 7. The maximum atomic E-state index is 12.1. The van der Waals surface area contributed by atoms with Gasteiger partial charge in [0.05, 0.1) is 23.1 Å². The third kappa shape index (κ3) is 3.98. The van der Waals surface area contributed by atoms with Gasteiger partial charge in [-0.1, -0.05) is 12.1 Å². The highest BCUT2D eigenvalue weighted by Gasteiger charge is 2.06. The average molecular weight is 376 g/mol. The Morgan fingerprint density at radius 3 is 2.75 bits per heavy atom. The SMILES string of the molecule is Cc1ccn(-c2ccc(NCCNC(=O)Cn3cnc4ccccc43)nn2)n1. The molecule has 3 heterocycles. The van der Waals surface area contributed by atoms with E-state index in [1.54, 1.807) is 11.0 Å². The van der Waals surface area contributed by atoms with Crippen molar-refractivity contribution in [3.8, 4) is 5.82 Å². The van der Waals surface area contributed by atoms with Gasteiger partial charge in [-0.3, -0.25) is 4.79 Å². The van der Waals surface area contributed by atoms with Gasteiger partial charge >= 0.3 is 0 Å².